The fourth-order valence-electron chi connectivity index (χ4n) is 3.46. The highest BCUT2D eigenvalue weighted by molar-refractivity contribution is 6.02. The van der Waals surface area contributed by atoms with Crippen LogP contribution in [0.2, 0.25) is 0 Å². The lowest BCUT2D eigenvalue weighted by atomic mass is 10.00. The zero-order chi connectivity index (χ0) is 25.3. The van der Waals surface area contributed by atoms with E-state index in [1.54, 1.807) is 0 Å². The van der Waals surface area contributed by atoms with E-state index < -0.39 is 66.2 Å². The van der Waals surface area contributed by atoms with Crippen molar-refractivity contribution in [1.29, 1.82) is 0 Å². The molecule has 12 heteroatoms. The average Bonchev–Trinajstić information content (AvgIpc) is 2.75. The van der Waals surface area contributed by atoms with E-state index >= 15 is 0 Å². The molecule has 1 amide bonds. The van der Waals surface area contributed by atoms with E-state index in [2.05, 4.69) is 5.32 Å². The summed E-state index contributed by atoms with van der Waals surface area (Å²) in [5.74, 6) is -0.939. The number of alkyl halides is 6. The summed E-state index contributed by atoms with van der Waals surface area (Å²) in [6, 6.07) is 5.80. The topological polar surface area (TPSA) is 91.6 Å². The van der Waals surface area contributed by atoms with E-state index in [-0.39, 0.29) is 22.5 Å². The number of halogens is 6. The Balaban J connectivity index is 1.93. The molecule has 3 rings (SSSR count). The number of pyridine rings is 1. The molecule has 0 radical (unpaired) electrons. The molecule has 1 aromatic heterocycles. The smallest absolute Gasteiger partial charge is 0.394 e. The van der Waals surface area contributed by atoms with E-state index in [0.717, 1.165) is 4.57 Å². The lowest BCUT2D eigenvalue weighted by molar-refractivity contribution is -0.143. The molecule has 2 aromatic carbocycles. The van der Waals surface area contributed by atoms with Crippen LogP contribution < -0.4 is 10.9 Å². The molecule has 0 fully saturated rings. The molecule has 34 heavy (non-hydrogen) atoms. The van der Waals surface area contributed by atoms with Gasteiger partial charge in [-0.3, -0.25) is 9.59 Å². The Morgan fingerprint density at radius 2 is 1.62 bits per heavy atom. The van der Waals surface area contributed by atoms with Gasteiger partial charge in [-0.25, -0.2) is 0 Å². The van der Waals surface area contributed by atoms with Crippen LogP contribution >= 0.6 is 0 Å². The molecule has 0 aliphatic heterocycles. The monoisotopic (exact) mass is 488 g/mol. The Hall–Kier alpha value is -3.38. The van der Waals surface area contributed by atoms with Gasteiger partial charge < -0.3 is 20.1 Å². The molecule has 0 unspecified atom stereocenters. The highest BCUT2D eigenvalue weighted by Gasteiger charge is 2.38. The summed E-state index contributed by atoms with van der Waals surface area (Å²) in [5.41, 5.74) is -4.19. The van der Waals surface area contributed by atoms with Crippen molar-refractivity contribution in [3.05, 3.63) is 75.7 Å². The number of rotatable bonds is 6. The molecule has 0 saturated carbocycles. The summed E-state index contributed by atoms with van der Waals surface area (Å²) in [5, 5.41) is 21.4. The summed E-state index contributed by atoms with van der Waals surface area (Å²) in [7, 11) is 0. The van der Waals surface area contributed by atoms with Crippen LogP contribution in [0, 0.1) is 0 Å². The maximum Gasteiger partial charge on any atom is 0.416 e. The summed E-state index contributed by atoms with van der Waals surface area (Å²) >= 11 is 0. The van der Waals surface area contributed by atoms with Gasteiger partial charge in [-0.05, 0) is 35.9 Å². The molecular formula is C22H18F6N2O4. The van der Waals surface area contributed by atoms with Crippen molar-refractivity contribution in [3.8, 4) is 0 Å². The van der Waals surface area contributed by atoms with Crippen LogP contribution in [0.5, 0.6) is 0 Å². The SMILES string of the molecule is O=C(Cc1ccc(C(F)(F)F)cc1C(F)(F)F)Nc1cccc2c(=O)n(C(CO)CO)ccc12. The molecule has 3 aromatic rings. The van der Waals surface area contributed by atoms with Gasteiger partial charge in [0.2, 0.25) is 5.91 Å². The normalized spacial score (nSPS) is 12.4. The van der Waals surface area contributed by atoms with Crippen LogP contribution in [0.3, 0.4) is 0 Å². The summed E-state index contributed by atoms with van der Waals surface area (Å²) in [4.78, 5) is 25.2. The number of nitrogens with zero attached hydrogens (tertiary/aromatic N) is 1. The van der Waals surface area contributed by atoms with Crippen molar-refractivity contribution >= 4 is 22.4 Å². The van der Waals surface area contributed by atoms with E-state index in [4.69, 9.17) is 0 Å². The van der Waals surface area contributed by atoms with Gasteiger partial charge in [0.05, 0.1) is 36.8 Å². The molecule has 0 saturated heterocycles. The molecule has 3 N–H and O–H groups in total. The second-order valence-corrected chi connectivity index (χ2v) is 7.41. The zero-order valence-electron chi connectivity index (χ0n) is 17.2. The van der Waals surface area contributed by atoms with Crippen molar-refractivity contribution in [2.24, 2.45) is 0 Å². The molecule has 0 atom stereocenters. The number of amides is 1. The third-order valence-corrected chi connectivity index (χ3v) is 5.16. The van der Waals surface area contributed by atoms with E-state index in [1.807, 2.05) is 0 Å². The third kappa shape index (κ3) is 5.23. The number of aliphatic hydroxyl groups is 2. The summed E-state index contributed by atoms with van der Waals surface area (Å²) < 4.78 is 79.6. The highest BCUT2D eigenvalue weighted by Crippen LogP contribution is 2.37. The first-order chi connectivity index (χ1) is 15.9. The number of benzene rings is 2. The Morgan fingerprint density at radius 3 is 2.21 bits per heavy atom. The third-order valence-electron chi connectivity index (χ3n) is 5.16. The lowest BCUT2D eigenvalue weighted by Gasteiger charge is -2.17. The van der Waals surface area contributed by atoms with Crippen LogP contribution in [-0.4, -0.2) is 33.9 Å². The molecule has 0 aliphatic carbocycles. The van der Waals surface area contributed by atoms with Gasteiger partial charge in [-0.2, -0.15) is 26.3 Å². The minimum Gasteiger partial charge on any atom is -0.394 e. The standard InChI is InChI=1S/C22H18F6N2O4/c23-21(24,25)13-5-4-12(17(9-13)22(26,27)28)8-19(33)29-18-3-1-2-16-15(18)6-7-30(20(16)34)14(10-31)11-32/h1-7,9,14,31-32H,8,10-11H2,(H,29,33). The van der Waals surface area contributed by atoms with Gasteiger partial charge in [0, 0.05) is 22.7 Å². The van der Waals surface area contributed by atoms with Crippen LogP contribution in [0.15, 0.2) is 53.5 Å². The molecule has 6 nitrogen and oxygen atoms in total. The van der Waals surface area contributed by atoms with Gasteiger partial charge in [-0.1, -0.05) is 12.1 Å². The Kier molecular flexibility index (Phi) is 7.03. The molecule has 0 bridgehead atoms. The maximum atomic E-state index is 13.3. The van der Waals surface area contributed by atoms with Gasteiger partial charge in [0.15, 0.2) is 0 Å². The van der Waals surface area contributed by atoms with E-state index in [0.29, 0.717) is 12.1 Å². The zero-order valence-corrected chi connectivity index (χ0v) is 17.2. The van der Waals surface area contributed by atoms with Crippen molar-refractivity contribution in [3.63, 3.8) is 0 Å². The van der Waals surface area contributed by atoms with Gasteiger partial charge >= 0.3 is 12.4 Å². The first-order valence-electron chi connectivity index (χ1n) is 9.79. The molecular weight excluding hydrogens is 470 g/mol. The van der Waals surface area contributed by atoms with E-state index in [9.17, 15) is 46.1 Å². The van der Waals surface area contributed by atoms with Crippen molar-refractivity contribution in [2.45, 2.75) is 24.8 Å². The minimum atomic E-state index is -5.11. The first kappa shape index (κ1) is 25.2. The molecule has 0 aliphatic rings. The fraction of sp³-hybridized carbons (Fsp3) is 0.273. The maximum absolute atomic E-state index is 13.3. The Morgan fingerprint density at radius 1 is 0.941 bits per heavy atom. The van der Waals surface area contributed by atoms with Crippen LogP contribution in [-0.2, 0) is 23.6 Å². The van der Waals surface area contributed by atoms with Gasteiger partial charge in [0.1, 0.15) is 0 Å². The van der Waals surface area contributed by atoms with Crippen molar-refractivity contribution in [2.75, 3.05) is 18.5 Å². The number of hydrogen-bond donors (Lipinski definition) is 3. The quantitative estimate of drug-likeness (QED) is 0.461. The van der Waals surface area contributed by atoms with Crippen LogP contribution in [0.25, 0.3) is 10.8 Å². The summed E-state index contributed by atoms with van der Waals surface area (Å²) in [6.07, 6.45) is -9.67. The van der Waals surface area contributed by atoms with Crippen molar-refractivity contribution in [1.82, 2.24) is 4.57 Å². The number of aliphatic hydroxyl groups excluding tert-OH is 2. The average molecular weight is 488 g/mol. The number of hydrogen-bond acceptors (Lipinski definition) is 4. The second kappa shape index (κ2) is 9.47. The number of carbonyl (C=O) groups excluding carboxylic acids is 1. The van der Waals surface area contributed by atoms with Crippen LogP contribution in [0.4, 0.5) is 32.0 Å². The number of fused-ring (bicyclic) bond motifs is 1. The highest BCUT2D eigenvalue weighted by atomic mass is 19.4. The van der Waals surface area contributed by atoms with Gasteiger partial charge in [-0.15, -0.1) is 0 Å². The minimum absolute atomic E-state index is 0.0400. The predicted octanol–water partition coefficient (Wildman–Crippen LogP) is 3.75. The first-order valence-corrected chi connectivity index (χ1v) is 9.79. The molecule has 1 heterocycles. The van der Waals surface area contributed by atoms with Crippen LogP contribution in [0.1, 0.15) is 22.7 Å². The fourth-order valence-corrected chi connectivity index (χ4v) is 3.46. The Labute approximate surface area is 188 Å². The Bertz CT molecular complexity index is 1260. The molecule has 182 valence electrons. The predicted molar refractivity (Wildman–Crippen MR) is 110 cm³/mol. The number of nitrogens with one attached hydrogen (secondary N) is 1. The lowest BCUT2D eigenvalue weighted by Crippen LogP contribution is -2.29. The van der Waals surface area contributed by atoms with Crippen molar-refractivity contribution < 1.29 is 41.4 Å². The number of anilines is 1. The largest absolute Gasteiger partial charge is 0.416 e. The van der Waals surface area contributed by atoms with Gasteiger partial charge in [0.25, 0.3) is 5.56 Å². The second-order valence-electron chi connectivity index (χ2n) is 7.41. The molecule has 0 spiro atoms. The number of aromatic nitrogens is 1. The van der Waals surface area contributed by atoms with E-state index in [1.165, 1.54) is 30.5 Å². The summed E-state index contributed by atoms with van der Waals surface area (Å²) in [6.45, 7) is -1.01. The number of carbonyl (C=O) groups is 1.